The number of nitrogens with one attached hydrogen (secondary N) is 7. The van der Waals surface area contributed by atoms with Gasteiger partial charge in [0.2, 0.25) is 5.91 Å². The number of hydrogen-bond donors (Lipinski definition) is 12. The van der Waals surface area contributed by atoms with Gasteiger partial charge in [-0.2, -0.15) is 0 Å². The molecule has 0 aliphatic carbocycles. The minimum Gasteiger partial charge on any atom is -0.493 e. The monoisotopic (exact) mass is 1960 g/mol. The van der Waals surface area contributed by atoms with Crippen LogP contribution in [0, 0.1) is 29.9 Å². The number of thiocarbonyl (C=S) groups is 1. The lowest BCUT2D eigenvalue weighted by molar-refractivity contribution is -0.385. The number of nitro benzene ring substituents is 1. The van der Waals surface area contributed by atoms with E-state index in [1.807, 2.05) is 0 Å². The van der Waals surface area contributed by atoms with Crippen molar-refractivity contribution in [3.05, 3.63) is 349 Å². The highest BCUT2D eigenvalue weighted by Crippen LogP contribution is 2.31. The van der Waals surface area contributed by atoms with Gasteiger partial charge in [-0.1, -0.05) is 99.2 Å². The van der Waals surface area contributed by atoms with E-state index >= 15 is 0 Å². The largest absolute Gasteiger partial charge is 0.493 e. The Morgan fingerprint density at radius 1 is 0.534 bits per heavy atom. The number of nitrogens with two attached hydrogens (primary N) is 1. The molecule has 131 heavy (non-hydrogen) atoms. The van der Waals surface area contributed by atoms with Gasteiger partial charge in [-0.25, -0.2) is 19.2 Å². The van der Waals surface area contributed by atoms with E-state index in [4.69, 9.17) is 75.1 Å². The van der Waals surface area contributed by atoms with Gasteiger partial charge in [0.15, 0.2) is 16.6 Å². The number of aromatic carboxylic acids is 4. The van der Waals surface area contributed by atoms with Crippen molar-refractivity contribution in [3.63, 3.8) is 0 Å². The van der Waals surface area contributed by atoms with E-state index in [9.17, 15) is 82.3 Å². The molecule has 1 aliphatic rings. The Bertz CT molecular complexity index is 6280. The molecule has 1 aromatic heterocycles. The molecule has 10 aromatic carbocycles. The van der Waals surface area contributed by atoms with Crippen LogP contribution in [-0.4, -0.2) is 139 Å². The fourth-order valence-corrected chi connectivity index (χ4v) is 12.3. The molecule has 9 amide bonds. The standard InChI is InChI=1S/C21H15BrN2O5.C20H21ClN2O3.C17H14BrNO6.C17H11ClN2O5.C17H15N3O5S/c22-15-7-3-13(4-8-15)19(25)24-18(12-17-2-1-11-29-17)20(26)23-16-9-5-14(6-10-16)21(27)28;1-13(2)12-26-17-9-5-15(6-10-17)20(25)23-18(19(22)24)11-14-3-7-16(21)8-4-14;1-9(20)25-14-6-3-10(7-15(14)24-2)16(21)19-13-5-4-11(18)8-12(13)17(22)23;18-9-5-6-12(17(24)25)13(7-9)19-14(21)8-20-15(22)10-3-1-2-4-11(10)16(20)23;1-9-3-4-12(16(22)23)8-13(9)18-17(26)19-15(21)11-5-6-14(20(24)25)10(2)7-11/h1-12H,(H,23,26)(H,24,25)(H,27,28);3-11,13H,12H2,1-2H3,(H2,22,24)(H,23,25);3-8H,1-2H3,(H,19,21)(H,22,23);1-7H,8H2,(H,19,21)(H,24,25);3-8H,1-2H3,(H,22,23)(H2,18,19,21,26)/b18-12+;18-11-;;;. The first kappa shape index (κ1) is 101. The third kappa shape index (κ3) is 30.2. The summed E-state index contributed by atoms with van der Waals surface area (Å²) in [5.74, 6) is -8.34. The van der Waals surface area contributed by atoms with E-state index < -0.39 is 94.5 Å². The number of hydrogen-bond acceptors (Lipinski definition) is 21. The Hall–Kier alpha value is -15.8. The van der Waals surface area contributed by atoms with E-state index in [0.29, 0.717) is 67.2 Å². The summed E-state index contributed by atoms with van der Waals surface area (Å²) in [6, 6.07) is 56.5. The van der Waals surface area contributed by atoms with Crippen LogP contribution in [0.25, 0.3) is 12.2 Å². The van der Waals surface area contributed by atoms with Crippen molar-refractivity contribution in [2.24, 2.45) is 11.7 Å². The molecule has 11 aromatic rings. The fourth-order valence-electron chi connectivity index (χ4n) is 11.2. The molecule has 0 fully saturated rings. The minimum atomic E-state index is -1.24. The van der Waals surface area contributed by atoms with Crippen LogP contribution in [-0.2, 0) is 19.2 Å². The first-order valence-corrected chi connectivity index (χ1v) is 40.9. The van der Waals surface area contributed by atoms with E-state index in [1.165, 1.54) is 155 Å². The zero-order valence-corrected chi connectivity index (χ0v) is 74.9. The van der Waals surface area contributed by atoms with Crippen LogP contribution < -0.4 is 57.2 Å². The number of rotatable bonds is 26. The van der Waals surface area contributed by atoms with E-state index in [0.717, 1.165) is 14.9 Å². The number of halogens is 4. The molecule has 0 bridgehead atoms. The zero-order valence-electron chi connectivity index (χ0n) is 69.4. The Morgan fingerprint density at radius 3 is 1.65 bits per heavy atom. The van der Waals surface area contributed by atoms with Crippen molar-refractivity contribution in [2.45, 2.75) is 34.6 Å². The first-order valence-electron chi connectivity index (χ1n) is 38.1. The Balaban J connectivity index is 0.000000202. The lowest BCUT2D eigenvalue weighted by Gasteiger charge is -2.14. The van der Waals surface area contributed by atoms with Crippen molar-refractivity contribution < 1.29 is 111 Å². The maximum atomic E-state index is 12.7. The third-order valence-electron chi connectivity index (χ3n) is 17.6. The van der Waals surface area contributed by atoms with Crippen LogP contribution in [0.15, 0.2) is 255 Å². The number of amides is 9. The molecule has 13 N–H and O–H groups in total. The summed E-state index contributed by atoms with van der Waals surface area (Å²) in [4.78, 5) is 177. The summed E-state index contributed by atoms with van der Waals surface area (Å²) in [6.07, 6.45) is 4.34. The number of primary amides is 1. The molecule has 0 saturated heterocycles. The quantitative estimate of drug-likeness (QED) is 0.00456. The van der Waals surface area contributed by atoms with Gasteiger partial charge in [0.05, 0.1) is 69.7 Å². The maximum absolute atomic E-state index is 12.7. The third-order valence-corrected chi connectivity index (χ3v) is 19.3. The van der Waals surface area contributed by atoms with Crippen molar-refractivity contribution in [1.29, 1.82) is 0 Å². The number of carbonyl (C=O) groups excluding carboxylic acids is 10. The minimum absolute atomic E-state index is 0.00235. The number of fused-ring (bicyclic) bond motifs is 1. The lowest BCUT2D eigenvalue weighted by Crippen LogP contribution is -2.37. The average molecular weight is 1970 g/mol. The Kier molecular flexibility index (Phi) is 36.6. The summed E-state index contributed by atoms with van der Waals surface area (Å²) in [7, 11) is 1.38. The first-order chi connectivity index (χ1) is 62.1. The second-order valence-corrected chi connectivity index (χ2v) is 30.8. The maximum Gasteiger partial charge on any atom is 0.337 e. The molecule has 0 spiro atoms. The number of nitrogens with zero attached hydrogens (tertiary/aromatic N) is 2. The highest BCUT2D eigenvalue weighted by Gasteiger charge is 2.37. The normalized spacial score (nSPS) is 11.1. The molecule has 34 nitrogen and oxygen atoms in total. The van der Waals surface area contributed by atoms with Crippen LogP contribution in [0.1, 0.15) is 147 Å². The number of carbonyl (C=O) groups is 14. The van der Waals surface area contributed by atoms with E-state index in [2.05, 4.69) is 82.9 Å². The summed E-state index contributed by atoms with van der Waals surface area (Å²) >= 11 is 23.2. The fraction of sp³-hybridized carbons (Fsp3) is 0.0978. The number of esters is 1. The molecule has 2 heterocycles. The number of imide groups is 1. The molecule has 1 aliphatic heterocycles. The smallest absolute Gasteiger partial charge is 0.337 e. The number of methoxy groups -OCH3 is 1. The molecular formula is C92H76Br2Cl2N10O24S. The summed E-state index contributed by atoms with van der Waals surface area (Å²) in [5, 5.41) is 65.9. The van der Waals surface area contributed by atoms with Crippen LogP contribution in [0.3, 0.4) is 0 Å². The van der Waals surface area contributed by atoms with Crippen LogP contribution in [0.4, 0.5) is 28.4 Å². The average Bonchev–Trinajstić information content (AvgIpc) is 1.64. The number of carboxylic acids is 4. The number of furan rings is 1. The predicted octanol–water partition coefficient (Wildman–Crippen LogP) is 16.4. The highest BCUT2D eigenvalue weighted by atomic mass is 79.9. The molecule has 0 atom stereocenters. The van der Waals surface area contributed by atoms with Gasteiger partial charge in [-0.3, -0.25) is 68.3 Å². The summed E-state index contributed by atoms with van der Waals surface area (Å²) in [5.41, 5.74) is 9.66. The predicted molar refractivity (Wildman–Crippen MR) is 495 cm³/mol. The number of nitro groups is 1. The molecule has 12 rings (SSSR count). The van der Waals surface area contributed by atoms with E-state index in [-0.39, 0.29) is 94.6 Å². The van der Waals surface area contributed by atoms with Gasteiger partial charge >= 0.3 is 29.8 Å². The Labute approximate surface area is 777 Å². The number of aryl methyl sites for hydroxylation is 2. The van der Waals surface area contributed by atoms with Crippen molar-refractivity contribution in [2.75, 3.05) is 41.5 Å². The highest BCUT2D eigenvalue weighted by molar-refractivity contribution is 9.10. The summed E-state index contributed by atoms with van der Waals surface area (Å²) < 4.78 is 22.3. The van der Waals surface area contributed by atoms with Gasteiger partial charge in [-0.15, -0.1) is 0 Å². The molecule has 0 radical (unpaired) electrons. The molecular weight excluding hydrogens is 1890 g/mol. The van der Waals surface area contributed by atoms with Gasteiger partial charge in [0.25, 0.3) is 52.9 Å². The van der Waals surface area contributed by atoms with Crippen LogP contribution >= 0.6 is 67.3 Å². The summed E-state index contributed by atoms with van der Waals surface area (Å²) in [6.45, 7) is 8.73. The zero-order chi connectivity index (χ0) is 96.0. The Morgan fingerprint density at radius 2 is 1.09 bits per heavy atom. The topological polar surface area (TPSA) is 517 Å². The van der Waals surface area contributed by atoms with Crippen molar-refractivity contribution in [1.82, 2.24) is 20.9 Å². The number of benzene rings is 10. The number of ether oxygens (including phenoxy) is 3. The van der Waals surface area contributed by atoms with Crippen LogP contribution in [0.5, 0.6) is 17.2 Å². The van der Waals surface area contributed by atoms with E-state index in [1.54, 1.807) is 116 Å². The number of carboxylic acid groups (broad SMARTS) is 4. The molecule has 39 heteroatoms. The van der Waals surface area contributed by atoms with Crippen molar-refractivity contribution in [3.8, 4) is 17.2 Å². The SMILES string of the molecule is CC(C)COc1ccc(C(=O)N/C(=C\c2ccc(Cl)cc2)C(N)=O)cc1.COc1cc(C(=O)Nc2ccc(Br)cc2C(=O)O)ccc1OC(C)=O.Cc1ccc(C(=O)O)cc1NC(=S)NC(=O)c1ccc([N+](=O)[O-])c(C)c1.O=C(CN1C(=O)c2ccccc2C1=O)Nc1cc(Cl)ccc1C(=O)O.O=C(Nc1ccc(C(=O)O)cc1)/C(=C\c1ccco1)NC(=O)c1ccc(Br)cc1. The van der Waals surface area contributed by atoms with Gasteiger partial charge in [0.1, 0.15) is 29.4 Å². The second-order valence-electron chi connectivity index (χ2n) is 27.7. The van der Waals surface area contributed by atoms with Crippen molar-refractivity contribution >= 4 is 196 Å². The van der Waals surface area contributed by atoms with Crippen LogP contribution in [0.2, 0.25) is 10.0 Å². The number of anilines is 4. The van der Waals surface area contributed by atoms with Gasteiger partial charge in [0, 0.05) is 77.2 Å². The lowest BCUT2D eigenvalue weighted by atomic mass is 10.1. The molecule has 0 saturated carbocycles. The second kappa shape index (κ2) is 47.7. The molecule has 672 valence electrons. The molecule has 0 unspecified atom stereocenters. The van der Waals surface area contributed by atoms with Gasteiger partial charge < -0.3 is 76.7 Å². The van der Waals surface area contributed by atoms with Gasteiger partial charge in [-0.05, 0) is 237 Å².